The summed E-state index contributed by atoms with van der Waals surface area (Å²) in [4.78, 5) is 15.1. The fraction of sp³-hybridized carbons (Fsp3) is 0.0625. The second-order valence-electron chi connectivity index (χ2n) is 14.1. The number of rotatable bonds is 5. The molecule has 0 amide bonds. The quantitative estimate of drug-likeness (QED) is 0.184. The maximum Gasteiger partial charge on any atom is 0.238 e. The first-order chi connectivity index (χ1) is 25.5. The molecule has 52 heavy (non-hydrogen) atoms. The molecule has 9 aromatic rings. The van der Waals surface area contributed by atoms with Crippen molar-refractivity contribution in [2.45, 2.75) is 19.3 Å². The van der Waals surface area contributed by atoms with Crippen LogP contribution in [0.5, 0.6) is 0 Å². The Bertz CT molecular complexity index is 2760. The van der Waals surface area contributed by atoms with E-state index in [1.807, 2.05) is 60.7 Å². The topological polar surface area (TPSA) is 43.6 Å². The highest BCUT2D eigenvalue weighted by Gasteiger charge is 2.35. The van der Waals surface area contributed by atoms with E-state index in [2.05, 4.69) is 128 Å². The zero-order valence-electron chi connectivity index (χ0n) is 29.0. The summed E-state index contributed by atoms with van der Waals surface area (Å²) in [6.07, 6.45) is 0. The van der Waals surface area contributed by atoms with Crippen molar-refractivity contribution in [1.82, 2.24) is 19.5 Å². The van der Waals surface area contributed by atoms with Crippen LogP contribution in [-0.4, -0.2) is 19.5 Å². The van der Waals surface area contributed by atoms with Gasteiger partial charge in [-0.15, -0.1) is 0 Å². The van der Waals surface area contributed by atoms with E-state index in [0.29, 0.717) is 17.6 Å². The average molecular weight is 667 g/mol. The number of nitrogens with zero attached hydrogens (tertiary/aromatic N) is 4. The van der Waals surface area contributed by atoms with Gasteiger partial charge in [0.15, 0.2) is 11.6 Å². The lowest BCUT2D eigenvalue weighted by Gasteiger charge is -2.22. The summed E-state index contributed by atoms with van der Waals surface area (Å²) in [6, 6.07) is 60.2. The maximum absolute atomic E-state index is 5.09. The molecule has 0 saturated heterocycles. The zero-order valence-corrected chi connectivity index (χ0v) is 29.0. The average Bonchev–Trinajstić information content (AvgIpc) is 3.66. The lowest BCUT2D eigenvalue weighted by Crippen LogP contribution is -2.14. The van der Waals surface area contributed by atoms with Crippen LogP contribution in [0.2, 0.25) is 0 Å². The minimum absolute atomic E-state index is 0.0406. The van der Waals surface area contributed by atoms with Gasteiger partial charge in [-0.25, -0.2) is 4.98 Å². The molecular formula is C48H34N4. The van der Waals surface area contributed by atoms with Crippen LogP contribution in [0.1, 0.15) is 25.0 Å². The van der Waals surface area contributed by atoms with Crippen LogP contribution < -0.4 is 0 Å². The Morgan fingerprint density at radius 1 is 0.385 bits per heavy atom. The standard InChI is InChI=1S/C48H34N4/c1-48(2)41-22-11-9-20-37(41)38-26-24-36(30-42(38)48)34-19-13-18-33(28-34)35-25-27-44-40(29-35)39-21-10-12-23-43(39)52(44)47-50-45(31-14-5-3-6-15-31)49-46(51-47)32-16-7-4-8-17-32/h3-30H,1-2H3. The van der Waals surface area contributed by atoms with Crippen LogP contribution in [0, 0.1) is 0 Å². The van der Waals surface area contributed by atoms with Crippen molar-refractivity contribution < 1.29 is 0 Å². The Morgan fingerprint density at radius 2 is 0.923 bits per heavy atom. The highest BCUT2D eigenvalue weighted by Crippen LogP contribution is 2.49. The molecule has 2 aromatic heterocycles. The predicted molar refractivity (Wildman–Crippen MR) is 213 cm³/mol. The van der Waals surface area contributed by atoms with E-state index < -0.39 is 0 Å². The summed E-state index contributed by atoms with van der Waals surface area (Å²) >= 11 is 0. The van der Waals surface area contributed by atoms with Gasteiger partial charge in [0, 0.05) is 27.3 Å². The summed E-state index contributed by atoms with van der Waals surface area (Å²) in [6.45, 7) is 4.68. The van der Waals surface area contributed by atoms with Crippen molar-refractivity contribution >= 4 is 21.8 Å². The third-order valence-electron chi connectivity index (χ3n) is 10.7. The molecular weight excluding hydrogens is 633 g/mol. The van der Waals surface area contributed by atoms with Gasteiger partial charge < -0.3 is 0 Å². The van der Waals surface area contributed by atoms with Crippen LogP contribution in [-0.2, 0) is 5.41 Å². The number of hydrogen-bond donors (Lipinski definition) is 0. The summed E-state index contributed by atoms with van der Waals surface area (Å²) in [7, 11) is 0. The normalized spacial score (nSPS) is 13.0. The lowest BCUT2D eigenvalue weighted by molar-refractivity contribution is 0.660. The molecule has 7 aromatic carbocycles. The van der Waals surface area contributed by atoms with Gasteiger partial charge >= 0.3 is 0 Å². The molecule has 1 aliphatic carbocycles. The number of aromatic nitrogens is 4. The molecule has 0 spiro atoms. The first-order valence-corrected chi connectivity index (χ1v) is 17.8. The van der Waals surface area contributed by atoms with Crippen molar-refractivity contribution in [2.75, 3.05) is 0 Å². The van der Waals surface area contributed by atoms with Crippen molar-refractivity contribution in [1.29, 1.82) is 0 Å². The number of benzene rings is 7. The van der Waals surface area contributed by atoms with Gasteiger partial charge in [0.05, 0.1) is 11.0 Å². The van der Waals surface area contributed by atoms with Gasteiger partial charge in [-0.05, 0) is 74.8 Å². The van der Waals surface area contributed by atoms with Gasteiger partial charge in [-0.2, -0.15) is 9.97 Å². The fourth-order valence-corrected chi connectivity index (χ4v) is 8.03. The molecule has 0 unspecified atom stereocenters. The molecule has 246 valence electrons. The van der Waals surface area contributed by atoms with Crippen LogP contribution >= 0.6 is 0 Å². The van der Waals surface area contributed by atoms with E-state index in [-0.39, 0.29) is 5.41 Å². The van der Waals surface area contributed by atoms with E-state index in [1.54, 1.807) is 0 Å². The number of para-hydroxylation sites is 1. The fourth-order valence-electron chi connectivity index (χ4n) is 8.03. The molecule has 4 heteroatoms. The number of fused-ring (bicyclic) bond motifs is 6. The zero-order chi connectivity index (χ0) is 34.8. The van der Waals surface area contributed by atoms with Crippen molar-refractivity contribution in [3.8, 4) is 62.1 Å². The SMILES string of the molecule is CC1(C)c2ccccc2-c2ccc(-c3cccc(-c4ccc5c(c4)c4ccccc4n5-c4nc(-c5ccccc5)nc(-c5ccccc5)n4)c3)cc21. The van der Waals surface area contributed by atoms with Gasteiger partial charge in [-0.3, -0.25) is 4.57 Å². The minimum atomic E-state index is -0.0406. The Labute approximate surface area is 302 Å². The van der Waals surface area contributed by atoms with E-state index in [0.717, 1.165) is 38.5 Å². The van der Waals surface area contributed by atoms with E-state index in [4.69, 9.17) is 15.0 Å². The third kappa shape index (κ3) is 4.79. The molecule has 0 fully saturated rings. The third-order valence-corrected chi connectivity index (χ3v) is 10.7. The van der Waals surface area contributed by atoms with E-state index >= 15 is 0 Å². The predicted octanol–water partition coefficient (Wildman–Crippen LogP) is 11.9. The van der Waals surface area contributed by atoms with Crippen molar-refractivity contribution in [2.24, 2.45) is 0 Å². The smallest absolute Gasteiger partial charge is 0.238 e. The second kappa shape index (κ2) is 11.7. The molecule has 4 nitrogen and oxygen atoms in total. The highest BCUT2D eigenvalue weighted by atomic mass is 15.2. The van der Waals surface area contributed by atoms with Crippen molar-refractivity contribution in [3.63, 3.8) is 0 Å². The van der Waals surface area contributed by atoms with Gasteiger partial charge in [0.2, 0.25) is 5.95 Å². The monoisotopic (exact) mass is 666 g/mol. The highest BCUT2D eigenvalue weighted by molar-refractivity contribution is 6.10. The van der Waals surface area contributed by atoms with Crippen molar-refractivity contribution in [3.05, 3.63) is 181 Å². The summed E-state index contributed by atoms with van der Waals surface area (Å²) < 4.78 is 2.18. The molecule has 0 N–H and O–H groups in total. The van der Waals surface area contributed by atoms with Gasteiger partial charge in [-0.1, -0.05) is 153 Å². The Kier molecular flexibility index (Phi) is 6.80. The van der Waals surface area contributed by atoms with E-state index in [9.17, 15) is 0 Å². The summed E-state index contributed by atoms with van der Waals surface area (Å²) in [5.41, 5.74) is 14.2. The summed E-state index contributed by atoms with van der Waals surface area (Å²) in [5, 5.41) is 2.30. The maximum atomic E-state index is 5.09. The van der Waals surface area contributed by atoms with Crippen LogP contribution in [0.15, 0.2) is 170 Å². The van der Waals surface area contributed by atoms with Gasteiger partial charge in [0.25, 0.3) is 0 Å². The molecule has 1 aliphatic rings. The first-order valence-electron chi connectivity index (χ1n) is 17.8. The molecule has 0 aliphatic heterocycles. The van der Waals surface area contributed by atoms with E-state index in [1.165, 1.54) is 38.9 Å². The minimum Gasteiger partial charge on any atom is -0.278 e. The molecule has 0 saturated carbocycles. The van der Waals surface area contributed by atoms with Crippen LogP contribution in [0.25, 0.3) is 83.9 Å². The summed E-state index contributed by atoms with van der Waals surface area (Å²) in [5.74, 6) is 1.88. The molecule has 0 atom stereocenters. The molecule has 0 bridgehead atoms. The van der Waals surface area contributed by atoms with Crippen LogP contribution in [0.3, 0.4) is 0 Å². The largest absolute Gasteiger partial charge is 0.278 e. The Morgan fingerprint density at radius 3 is 1.65 bits per heavy atom. The second-order valence-corrected chi connectivity index (χ2v) is 14.1. The van der Waals surface area contributed by atoms with Crippen LogP contribution in [0.4, 0.5) is 0 Å². The van der Waals surface area contributed by atoms with Gasteiger partial charge in [0.1, 0.15) is 0 Å². The Balaban J connectivity index is 1.10. The number of hydrogen-bond acceptors (Lipinski definition) is 3. The Hall–Kier alpha value is -6.65. The molecule has 0 radical (unpaired) electrons. The first kappa shape index (κ1) is 30.2. The molecule has 2 heterocycles. The lowest BCUT2D eigenvalue weighted by atomic mass is 9.81. The molecule has 10 rings (SSSR count).